The smallest absolute Gasteiger partial charge is 0.327 e. The van der Waals surface area contributed by atoms with E-state index in [0.29, 0.717) is 50.6 Å². The summed E-state index contributed by atoms with van der Waals surface area (Å²) in [5.41, 5.74) is -0.367. The zero-order valence-electron chi connectivity index (χ0n) is 17.9. The van der Waals surface area contributed by atoms with Crippen LogP contribution in [0.15, 0.2) is 18.2 Å². The molecule has 1 aromatic rings. The van der Waals surface area contributed by atoms with Crippen molar-refractivity contribution in [3.8, 4) is 6.07 Å². The van der Waals surface area contributed by atoms with Gasteiger partial charge in [0.1, 0.15) is 23.1 Å². The first kappa shape index (κ1) is 21.1. The van der Waals surface area contributed by atoms with Crippen molar-refractivity contribution in [1.82, 2.24) is 14.8 Å². The Labute approximate surface area is 173 Å². The van der Waals surface area contributed by atoms with E-state index in [9.17, 15) is 9.59 Å². The molecule has 7 heteroatoms. The monoisotopic (exact) mass is 397 g/mol. The van der Waals surface area contributed by atoms with Crippen LogP contribution in [0.1, 0.15) is 52.7 Å². The van der Waals surface area contributed by atoms with Crippen LogP contribution in [0, 0.1) is 23.2 Å². The second-order valence-corrected chi connectivity index (χ2v) is 8.73. The minimum Gasteiger partial charge on any atom is -0.356 e. The first-order valence-electron chi connectivity index (χ1n) is 10.6. The molecule has 156 valence electrons. The highest BCUT2D eigenvalue weighted by atomic mass is 16.2. The third-order valence-corrected chi connectivity index (χ3v) is 6.12. The fourth-order valence-electron chi connectivity index (χ4n) is 4.25. The maximum absolute atomic E-state index is 13.5. The van der Waals surface area contributed by atoms with E-state index >= 15 is 0 Å². The molecule has 1 atom stereocenters. The van der Waals surface area contributed by atoms with Gasteiger partial charge in [0.2, 0.25) is 0 Å². The molecule has 2 aliphatic rings. The summed E-state index contributed by atoms with van der Waals surface area (Å²) in [4.78, 5) is 36.5. The summed E-state index contributed by atoms with van der Waals surface area (Å²) in [6, 6.07) is 7.34. The van der Waals surface area contributed by atoms with Gasteiger partial charge in [0.25, 0.3) is 5.91 Å². The molecule has 3 rings (SSSR count). The Morgan fingerprint density at radius 1 is 1.17 bits per heavy atom. The predicted octanol–water partition coefficient (Wildman–Crippen LogP) is 3.26. The van der Waals surface area contributed by atoms with E-state index in [1.54, 1.807) is 6.07 Å². The quantitative estimate of drug-likeness (QED) is 0.688. The molecule has 2 aliphatic heterocycles. The number of nitrogens with zero attached hydrogens (tertiary/aromatic N) is 5. The summed E-state index contributed by atoms with van der Waals surface area (Å²) in [5, 5.41) is 9.11. The van der Waals surface area contributed by atoms with Gasteiger partial charge in [-0.1, -0.05) is 40.2 Å². The van der Waals surface area contributed by atoms with Gasteiger partial charge in [0, 0.05) is 26.2 Å². The number of rotatable bonds is 6. The van der Waals surface area contributed by atoms with Crippen molar-refractivity contribution < 1.29 is 9.59 Å². The SMILES string of the molecule is CCC(C)CN1C(=O)N(CC(C)C)C2(CCN(c3cccc(C#N)n3)CC2)C1=O. The largest absolute Gasteiger partial charge is 0.356 e. The van der Waals surface area contributed by atoms with Crippen molar-refractivity contribution in [3.63, 3.8) is 0 Å². The first-order valence-corrected chi connectivity index (χ1v) is 10.6. The van der Waals surface area contributed by atoms with Crippen molar-refractivity contribution in [2.24, 2.45) is 11.8 Å². The zero-order chi connectivity index (χ0) is 21.2. The lowest BCUT2D eigenvalue weighted by Crippen LogP contribution is -2.57. The number of carbonyl (C=O) groups excluding carboxylic acids is 2. The number of pyridine rings is 1. The third kappa shape index (κ3) is 3.93. The topological polar surface area (TPSA) is 80.5 Å². The molecule has 0 aromatic carbocycles. The average molecular weight is 398 g/mol. The summed E-state index contributed by atoms with van der Waals surface area (Å²) in [5.74, 6) is 1.29. The van der Waals surface area contributed by atoms with E-state index in [1.807, 2.05) is 17.0 Å². The fraction of sp³-hybridized carbons (Fsp3) is 0.636. The molecule has 0 bridgehead atoms. The van der Waals surface area contributed by atoms with Crippen LogP contribution >= 0.6 is 0 Å². The number of hydrogen-bond acceptors (Lipinski definition) is 5. The Kier molecular flexibility index (Phi) is 6.11. The maximum atomic E-state index is 13.5. The number of nitriles is 1. The van der Waals surface area contributed by atoms with Gasteiger partial charge in [-0.2, -0.15) is 5.26 Å². The maximum Gasteiger partial charge on any atom is 0.327 e. The van der Waals surface area contributed by atoms with Crippen molar-refractivity contribution >= 4 is 17.8 Å². The molecule has 2 fully saturated rings. The third-order valence-electron chi connectivity index (χ3n) is 6.12. The van der Waals surface area contributed by atoms with Gasteiger partial charge in [0.15, 0.2) is 0 Å². The van der Waals surface area contributed by atoms with Crippen molar-refractivity contribution in [1.29, 1.82) is 5.26 Å². The highest BCUT2D eigenvalue weighted by Gasteiger charge is 2.58. The molecular formula is C22H31N5O2. The van der Waals surface area contributed by atoms with Gasteiger partial charge in [-0.3, -0.25) is 9.69 Å². The van der Waals surface area contributed by atoms with Gasteiger partial charge in [-0.15, -0.1) is 0 Å². The molecular weight excluding hydrogens is 366 g/mol. The van der Waals surface area contributed by atoms with E-state index in [1.165, 1.54) is 4.90 Å². The lowest BCUT2D eigenvalue weighted by Gasteiger charge is -2.43. The molecule has 3 amide bonds. The molecule has 1 spiro atoms. The van der Waals surface area contributed by atoms with Crippen LogP contribution in [-0.2, 0) is 4.79 Å². The number of carbonyl (C=O) groups is 2. The predicted molar refractivity (Wildman–Crippen MR) is 111 cm³/mol. The second-order valence-electron chi connectivity index (χ2n) is 8.73. The van der Waals surface area contributed by atoms with Crippen molar-refractivity contribution in [3.05, 3.63) is 23.9 Å². The highest BCUT2D eigenvalue weighted by Crippen LogP contribution is 2.39. The van der Waals surface area contributed by atoms with Crippen LogP contribution in [-0.4, -0.2) is 58.4 Å². The zero-order valence-corrected chi connectivity index (χ0v) is 17.9. The van der Waals surface area contributed by atoms with Gasteiger partial charge in [-0.05, 0) is 36.8 Å². The molecule has 0 radical (unpaired) electrons. The lowest BCUT2D eigenvalue weighted by atomic mass is 9.85. The number of amides is 3. The normalized spacial score (nSPS) is 19.9. The number of imide groups is 1. The number of aromatic nitrogens is 1. The molecule has 29 heavy (non-hydrogen) atoms. The second kappa shape index (κ2) is 8.40. The number of anilines is 1. The van der Waals surface area contributed by atoms with E-state index in [-0.39, 0.29) is 17.9 Å². The van der Waals surface area contributed by atoms with Gasteiger partial charge in [-0.25, -0.2) is 9.78 Å². The van der Waals surface area contributed by atoms with E-state index in [0.717, 1.165) is 12.2 Å². The van der Waals surface area contributed by atoms with E-state index < -0.39 is 5.54 Å². The minimum absolute atomic E-state index is 0.0400. The lowest BCUT2D eigenvalue weighted by molar-refractivity contribution is -0.134. The molecule has 0 saturated carbocycles. The minimum atomic E-state index is -0.752. The summed E-state index contributed by atoms with van der Waals surface area (Å²) in [6.07, 6.45) is 2.10. The molecule has 3 heterocycles. The fourth-order valence-corrected chi connectivity index (χ4v) is 4.25. The summed E-state index contributed by atoms with van der Waals surface area (Å²) in [7, 11) is 0. The van der Waals surface area contributed by atoms with Crippen LogP contribution in [0.5, 0.6) is 0 Å². The molecule has 1 unspecified atom stereocenters. The molecule has 2 saturated heterocycles. The summed E-state index contributed by atoms with van der Waals surface area (Å²) >= 11 is 0. The Hall–Kier alpha value is -2.62. The molecule has 0 N–H and O–H groups in total. The Balaban J connectivity index is 1.83. The Morgan fingerprint density at radius 2 is 1.86 bits per heavy atom. The summed E-state index contributed by atoms with van der Waals surface area (Å²) in [6.45, 7) is 10.7. The van der Waals surface area contributed by atoms with Crippen LogP contribution in [0.3, 0.4) is 0 Å². The molecule has 1 aromatic heterocycles. The molecule has 0 aliphatic carbocycles. The van der Waals surface area contributed by atoms with Crippen molar-refractivity contribution in [2.75, 3.05) is 31.1 Å². The first-order chi connectivity index (χ1) is 13.8. The number of piperidine rings is 1. The average Bonchev–Trinajstić information content (AvgIpc) is 2.90. The van der Waals surface area contributed by atoms with Crippen molar-refractivity contribution in [2.45, 2.75) is 52.5 Å². The number of urea groups is 1. The van der Waals surface area contributed by atoms with Crippen LogP contribution in [0.25, 0.3) is 0 Å². The Bertz CT molecular complexity index is 808. The van der Waals surface area contributed by atoms with E-state index in [2.05, 4.69) is 43.6 Å². The van der Waals surface area contributed by atoms with Crippen LogP contribution in [0.2, 0.25) is 0 Å². The van der Waals surface area contributed by atoms with Crippen LogP contribution in [0.4, 0.5) is 10.6 Å². The van der Waals surface area contributed by atoms with E-state index in [4.69, 9.17) is 5.26 Å². The van der Waals surface area contributed by atoms with Gasteiger partial charge < -0.3 is 9.80 Å². The summed E-state index contributed by atoms with van der Waals surface area (Å²) < 4.78 is 0. The number of hydrogen-bond donors (Lipinski definition) is 0. The standard InChI is InChI=1S/C22H31N5O2/c1-5-17(4)15-26-20(28)22(27(21(26)29)14-16(2)3)9-11-25(12-10-22)19-8-6-7-18(13-23)24-19/h6-8,16-17H,5,9-12,14-15H2,1-4H3. The Morgan fingerprint density at radius 3 is 2.45 bits per heavy atom. The van der Waals surface area contributed by atoms with Gasteiger partial charge >= 0.3 is 6.03 Å². The van der Waals surface area contributed by atoms with Gasteiger partial charge in [0.05, 0.1) is 0 Å². The van der Waals surface area contributed by atoms with Crippen LogP contribution < -0.4 is 4.90 Å². The highest BCUT2D eigenvalue weighted by molar-refractivity contribution is 6.07. The molecule has 7 nitrogen and oxygen atoms in total.